The Kier molecular flexibility index (Phi) is 5.72. The van der Waals surface area contributed by atoms with Crippen molar-refractivity contribution in [3.8, 4) is 0 Å². The number of thioether (sulfide) groups is 1. The molecule has 3 N–H and O–H groups in total. The molecule has 0 bridgehead atoms. The zero-order valence-electron chi connectivity index (χ0n) is 13.8. The van der Waals surface area contributed by atoms with Crippen LogP contribution in [0, 0.1) is 6.92 Å². The molecule has 25 heavy (non-hydrogen) atoms. The summed E-state index contributed by atoms with van der Waals surface area (Å²) in [6.45, 7) is 1.75. The highest BCUT2D eigenvalue weighted by molar-refractivity contribution is 7.99. The number of benzene rings is 1. The van der Waals surface area contributed by atoms with Crippen LogP contribution in [0.3, 0.4) is 0 Å². The number of aromatic nitrogens is 1. The molecule has 3 rings (SSSR count). The highest BCUT2D eigenvalue weighted by Crippen LogP contribution is 2.12. The van der Waals surface area contributed by atoms with Crippen molar-refractivity contribution in [2.45, 2.75) is 25.4 Å². The molecule has 2 unspecified atom stereocenters. The van der Waals surface area contributed by atoms with Gasteiger partial charge in [-0.1, -0.05) is 35.5 Å². The first kappa shape index (κ1) is 17.5. The van der Waals surface area contributed by atoms with Crippen LogP contribution in [0.1, 0.15) is 11.3 Å². The third kappa shape index (κ3) is 4.83. The maximum Gasteiger partial charge on any atom is 0.248 e. The van der Waals surface area contributed by atoms with E-state index in [-0.39, 0.29) is 17.9 Å². The highest BCUT2D eigenvalue weighted by Gasteiger charge is 2.28. The zero-order chi connectivity index (χ0) is 17.6. The number of aryl methyl sites for hydroxylation is 1. The van der Waals surface area contributed by atoms with E-state index in [4.69, 9.17) is 4.52 Å². The molecule has 7 nitrogen and oxygen atoms in total. The van der Waals surface area contributed by atoms with Crippen molar-refractivity contribution in [1.82, 2.24) is 15.8 Å². The molecule has 2 aromatic rings. The second kappa shape index (κ2) is 8.17. The molecule has 0 radical (unpaired) electrons. The first-order chi connectivity index (χ1) is 12.1. The van der Waals surface area contributed by atoms with Crippen LogP contribution in [0.5, 0.6) is 0 Å². The zero-order valence-corrected chi connectivity index (χ0v) is 14.6. The third-order valence-electron chi connectivity index (χ3n) is 3.83. The molecule has 1 fully saturated rings. The maximum absolute atomic E-state index is 12.6. The first-order valence-electron chi connectivity index (χ1n) is 8.01. The number of hydrogen-bond donors (Lipinski definition) is 3. The predicted octanol–water partition coefficient (Wildman–Crippen LogP) is 1.31. The Hall–Kier alpha value is -2.32. The van der Waals surface area contributed by atoms with Gasteiger partial charge in [0, 0.05) is 24.1 Å². The summed E-state index contributed by atoms with van der Waals surface area (Å²) in [5.41, 5.74) is 0.966. The van der Waals surface area contributed by atoms with Crippen molar-refractivity contribution in [3.05, 3.63) is 47.7 Å². The lowest BCUT2D eigenvalue weighted by Crippen LogP contribution is -2.51. The number of anilines is 1. The quantitative estimate of drug-likeness (QED) is 0.719. The number of rotatable bonds is 6. The Morgan fingerprint density at radius 2 is 2.20 bits per heavy atom. The Balaban J connectivity index is 1.70. The third-order valence-corrected chi connectivity index (χ3v) is 4.77. The molecule has 1 aromatic carbocycles. The van der Waals surface area contributed by atoms with E-state index < -0.39 is 6.04 Å². The minimum atomic E-state index is -0.695. The van der Waals surface area contributed by atoms with Crippen molar-refractivity contribution in [3.63, 3.8) is 0 Å². The Bertz CT molecular complexity index is 729. The second-order valence-electron chi connectivity index (χ2n) is 5.83. The Labute approximate surface area is 149 Å². The van der Waals surface area contributed by atoms with Crippen molar-refractivity contribution in [2.75, 3.05) is 16.9 Å². The molecule has 1 aromatic heterocycles. The molecule has 0 saturated carbocycles. The summed E-state index contributed by atoms with van der Waals surface area (Å²) >= 11 is 1.66. The van der Waals surface area contributed by atoms with Crippen molar-refractivity contribution >= 4 is 29.4 Å². The molecule has 2 heterocycles. The number of amides is 2. The van der Waals surface area contributed by atoms with Gasteiger partial charge < -0.3 is 15.2 Å². The summed E-state index contributed by atoms with van der Waals surface area (Å²) in [6, 6.07) is 10.2. The molecule has 8 heteroatoms. The van der Waals surface area contributed by atoms with Gasteiger partial charge in [0.1, 0.15) is 11.8 Å². The van der Waals surface area contributed by atoms with E-state index in [1.165, 1.54) is 0 Å². The number of hydrogen-bond acceptors (Lipinski definition) is 6. The van der Waals surface area contributed by atoms with E-state index in [0.717, 1.165) is 11.4 Å². The van der Waals surface area contributed by atoms with Crippen LogP contribution in [0.15, 0.2) is 40.9 Å². The lowest BCUT2D eigenvalue weighted by atomic mass is 10.0. The molecule has 1 saturated heterocycles. The Morgan fingerprint density at radius 3 is 2.84 bits per heavy atom. The van der Waals surface area contributed by atoms with Crippen molar-refractivity contribution < 1.29 is 14.1 Å². The molecular formula is C17H20N4O3S. The minimum absolute atomic E-state index is 0.169. The summed E-state index contributed by atoms with van der Waals surface area (Å²) in [4.78, 5) is 25.0. The van der Waals surface area contributed by atoms with E-state index in [2.05, 4.69) is 21.1 Å². The number of nitrogens with zero attached hydrogens (tertiary/aromatic N) is 1. The van der Waals surface area contributed by atoms with E-state index in [1.807, 2.05) is 30.3 Å². The second-order valence-corrected chi connectivity index (χ2v) is 6.87. The SMILES string of the molecule is Cc1cc(NC(=O)C(Cc2ccccc2)NC(=O)C2CSCN2)no1. The fourth-order valence-electron chi connectivity index (χ4n) is 2.53. The fraction of sp³-hybridized carbons (Fsp3) is 0.353. The summed E-state index contributed by atoms with van der Waals surface area (Å²) in [5, 5.41) is 12.4. The number of carbonyl (C=O) groups excluding carboxylic acids is 2. The average molecular weight is 360 g/mol. The van der Waals surface area contributed by atoms with Gasteiger partial charge in [-0.05, 0) is 12.5 Å². The summed E-state index contributed by atoms with van der Waals surface area (Å²) < 4.78 is 4.96. The molecule has 0 aliphatic carbocycles. The monoisotopic (exact) mass is 360 g/mol. The molecule has 1 aliphatic heterocycles. The van der Waals surface area contributed by atoms with Gasteiger partial charge in [0.15, 0.2) is 5.82 Å². The van der Waals surface area contributed by atoms with Crippen LogP contribution in [0.25, 0.3) is 0 Å². The lowest BCUT2D eigenvalue weighted by Gasteiger charge is -2.20. The van der Waals surface area contributed by atoms with Gasteiger partial charge in [-0.15, -0.1) is 11.8 Å². The van der Waals surface area contributed by atoms with E-state index in [1.54, 1.807) is 24.8 Å². The van der Waals surface area contributed by atoms with Crippen LogP contribution in [-0.4, -0.2) is 40.7 Å². The van der Waals surface area contributed by atoms with E-state index in [9.17, 15) is 9.59 Å². The van der Waals surface area contributed by atoms with Gasteiger partial charge in [-0.2, -0.15) is 0 Å². The van der Waals surface area contributed by atoms with Crippen molar-refractivity contribution in [2.24, 2.45) is 0 Å². The Morgan fingerprint density at radius 1 is 1.40 bits per heavy atom. The lowest BCUT2D eigenvalue weighted by molar-refractivity contribution is -0.127. The topological polar surface area (TPSA) is 96.3 Å². The van der Waals surface area contributed by atoms with E-state index >= 15 is 0 Å². The summed E-state index contributed by atoms with van der Waals surface area (Å²) in [6.07, 6.45) is 0.398. The van der Waals surface area contributed by atoms with Crippen LogP contribution in [-0.2, 0) is 16.0 Å². The van der Waals surface area contributed by atoms with Gasteiger partial charge in [-0.3, -0.25) is 14.9 Å². The predicted molar refractivity (Wildman–Crippen MR) is 96.2 cm³/mol. The van der Waals surface area contributed by atoms with Crippen LogP contribution < -0.4 is 16.0 Å². The van der Waals surface area contributed by atoms with Gasteiger partial charge in [-0.25, -0.2) is 0 Å². The fourth-order valence-corrected chi connectivity index (χ4v) is 3.48. The highest BCUT2D eigenvalue weighted by atomic mass is 32.2. The molecular weight excluding hydrogens is 340 g/mol. The van der Waals surface area contributed by atoms with Crippen LogP contribution >= 0.6 is 11.8 Å². The molecule has 2 amide bonds. The average Bonchev–Trinajstić information content (AvgIpc) is 3.27. The summed E-state index contributed by atoms with van der Waals surface area (Å²) in [7, 11) is 0. The molecule has 0 spiro atoms. The minimum Gasteiger partial charge on any atom is -0.360 e. The number of nitrogens with one attached hydrogen (secondary N) is 3. The smallest absolute Gasteiger partial charge is 0.248 e. The molecule has 132 valence electrons. The summed E-state index contributed by atoms with van der Waals surface area (Å²) in [5.74, 6) is 1.89. The first-order valence-corrected chi connectivity index (χ1v) is 9.17. The van der Waals surface area contributed by atoms with E-state index in [0.29, 0.717) is 23.8 Å². The van der Waals surface area contributed by atoms with Crippen LogP contribution in [0.4, 0.5) is 5.82 Å². The van der Waals surface area contributed by atoms with Gasteiger partial charge >= 0.3 is 0 Å². The maximum atomic E-state index is 12.6. The van der Waals surface area contributed by atoms with Gasteiger partial charge in [0.2, 0.25) is 11.8 Å². The van der Waals surface area contributed by atoms with Crippen molar-refractivity contribution in [1.29, 1.82) is 0 Å². The van der Waals surface area contributed by atoms with Gasteiger partial charge in [0.05, 0.1) is 6.04 Å². The molecule has 1 aliphatic rings. The van der Waals surface area contributed by atoms with Gasteiger partial charge in [0.25, 0.3) is 0 Å². The molecule has 2 atom stereocenters. The normalized spacial score (nSPS) is 17.9. The largest absolute Gasteiger partial charge is 0.360 e. The number of carbonyl (C=O) groups is 2. The van der Waals surface area contributed by atoms with Crippen LogP contribution in [0.2, 0.25) is 0 Å². The standard InChI is InChI=1S/C17H20N4O3S/c1-11-7-15(21-24-11)20-16(22)13(8-12-5-3-2-4-6-12)19-17(23)14-9-25-10-18-14/h2-7,13-14,18H,8-10H2,1H3,(H,19,23)(H,20,21,22).